The van der Waals surface area contributed by atoms with Crippen LogP contribution in [-0.2, 0) is 4.79 Å². The molecule has 3 aromatic carbocycles. The number of nitrogens with zero attached hydrogens (tertiary/aromatic N) is 1. The van der Waals surface area contributed by atoms with Gasteiger partial charge in [-0.1, -0.05) is 23.7 Å². The summed E-state index contributed by atoms with van der Waals surface area (Å²) < 4.78 is 18.1. The van der Waals surface area contributed by atoms with Crippen LogP contribution in [0.25, 0.3) is 6.08 Å². The summed E-state index contributed by atoms with van der Waals surface area (Å²) >= 11 is 5.82. The van der Waals surface area contributed by atoms with Crippen LogP contribution in [0.3, 0.4) is 0 Å². The van der Waals surface area contributed by atoms with Gasteiger partial charge in [0.15, 0.2) is 0 Å². The molecule has 0 aliphatic carbocycles. The summed E-state index contributed by atoms with van der Waals surface area (Å²) in [5.41, 5.74) is 2.33. The number of halogens is 2. The molecule has 0 saturated carbocycles. The van der Waals surface area contributed by atoms with Crippen LogP contribution in [0, 0.1) is 5.82 Å². The third-order valence-electron chi connectivity index (χ3n) is 3.57. The van der Waals surface area contributed by atoms with Crippen molar-refractivity contribution in [3.05, 3.63) is 101 Å². The first-order chi connectivity index (χ1) is 13.1. The number of carbonyl (C=O) groups is 1. The predicted octanol–water partition coefficient (Wildman–Crippen LogP) is 5.85. The number of esters is 1. The summed E-state index contributed by atoms with van der Waals surface area (Å²) in [6.45, 7) is 0. The lowest BCUT2D eigenvalue weighted by molar-refractivity contribution is -0.128. The number of hydrogen-bond donors (Lipinski definition) is 0. The molecule has 134 valence electrons. The van der Waals surface area contributed by atoms with E-state index in [0.29, 0.717) is 16.5 Å². The number of aliphatic imine (C=N–C) groups is 1. The van der Waals surface area contributed by atoms with Gasteiger partial charge in [0.2, 0.25) is 0 Å². The van der Waals surface area contributed by atoms with Crippen LogP contribution in [0.2, 0.25) is 5.02 Å². The third kappa shape index (κ3) is 5.90. The molecule has 0 N–H and O–H groups in total. The minimum atomic E-state index is -0.474. The molecule has 0 radical (unpaired) electrons. The van der Waals surface area contributed by atoms with Crippen molar-refractivity contribution in [1.82, 2.24) is 0 Å². The molecule has 0 bridgehead atoms. The highest BCUT2D eigenvalue weighted by atomic mass is 35.5. The van der Waals surface area contributed by atoms with E-state index in [0.717, 1.165) is 11.1 Å². The largest absolute Gasteiger partial charge is 0.423 e. The summed E-state index contributed by atoms with van der Waals surface area (Å²) in [4.78, 5) is 16.1. The summed E-state index contributed by atoms with van der Waals surface area (Å²) in [5.74, 6) is -0.345. The van der Waals surface area contributed by atoms with Gasteiger partial charge in [0, 0.05) is 17.3 Å². The fraction of sp³-hybridized carbons (Fsp3) is 0. The lowest BCUT2D eigenvalue weighted by atomic mass is 10.2. The molecule has 3 nitrogen and oxygen atoms in total. The molecule has 0 atom stereocenters. The second-order valence-electron chi connectivity index (χ2n) is 5.61. The number of carbonyl (C=O) groups excluding carboxylic acids is 1. The summed E-state index contributed by atoms with van der Waals surface area (Å²) in [7, 11) is 0. The quantitative estimate of drug-likeness (QED) is 0.241. The second kappa shape index (κ2) is 8.92. The standard InChI is InChI=1S/C22H15ClFNO2/c23-18-6-1-16(2-7-18)5-14-22(26)27-21-12-3-17(4-13-21)15-25-20-10-8-19(24)9-11-20/h1-15H. The van der Waals surface area contributed by atoms with Gasteiger partial charge in [-0.3, -0.25) is 4.99 Å². The Morgan fingerprint density at radius 1 is 0.889 bits per heavy atom. The third-order valence-corrected chi connectivity index (χ3v) is 3.82. The van der Waals surface area contributed by atoms with Crippen molar-refractivity contribution in [2.75, 3.05) is 0 Å². The Morgan fingerprint density at radius 3 is 2.19 bits per heavy atom. The molecule has 0 aromatic heterocycles. The summed E-state index contributed by atoms with van der Waals surface area (Å²) in [5, 5.41) is 0.637. The van der Waals surface area contributed by atoms with Crippen LogP contribution in [0.5, 0.6) is 5.75 Å². The maximum absolute atomic E-state index is 12.9. The normalized spacial score (nSPS) is 11.2. The van der Waals surface area contributed by atoms with Crippen molar-refractivity contribution >= 4 is 35.5 Å². The van der Waals surface area contributed by atoms with Crippen LogP contribution in [0.4, 0.5) is 10.1 Å². The maximum atomic E-state index is 12.9. The molecule has 0 fully saturated rings. The van der Waals surface area contributed by atoms with E-state index < -0.39 is 5.97 Å². The van der Waals surface area contributed by atoms with Gasteiger partial charge in [0.05, 0.1) is 5.69 Å². The fourth-order valence-corrected chi connectivity index (χ4v) is 2.31. The van der Waals surface area contributed by atoms with Gasteiger partial charge in [-0.25, -0.2) is 9.18 Å². The summed E-state index contributed by atoms with van der Waals surface area (Å²) in [6, 6.07) is 19.9. The minimum absolute atomic E-state index is 0.301. The zero-order valence-corrected chi connectivity index (χ0v) is 14.9. The van der Waals surface area contributed by atoms with Gasteiger partial charge in [-0.2, -0.15) is 0 Å². The molecule has 0 aliphatic rings. The lowest BCUT2D eigenvalue weighted by Gasteiger charge is -2.02. The first kappa shape index (κ1) is 18.5. The first-order valence-electron chi connectivity index (χ1n) is 8.14. The Bertz CT molecular complexity index is 963. The molecule has 3 aromatic rings. The molecule has 0 amide bonds. The predicted molar refractivity (Wildman–Crippen MR) is 106 cm³/mol. The van der Waals surface area contributed by atoms with E-state index in [1.54, 1.807) is 73.0 Å². The van der Waals surface area contributed by atoms with Crippen LogP contribution < -0.4 is 4.74 Å². The molecule has 0 heterocycles. The number of hydrogen-bond acceptors (Lipinski definition) is 3. The van der Waals surface area contributed by atoms with E-state index in [-0.39, 0.29) is 5.82 Å². The Kier molecular flexibility index (Phi) is 6.13. The fourth-order valence-electron chi connectivity index (χ4n) is 2.19. The van der Waals surface area contributed by atoms with E-state index in [9.17, 15) is 9.18 Å². The van der Waals surface area contributed by atoms with E-state index in [1.165, 1.54) is 18.2 Å². The zero-order chi connectivity index (χ0) is 19.1. The molecule has 0 unspecified atom stereocenters. The average molecular weight is 380 g/mol. The maximum Gasteiger partial charge on any atom is 0.336 e. The second-order valence-corrected chi connectivity index (χ2v) is 6.05. The van der Waals surface area contributed by atoms with E-state index in [2.05, 4.69) is 4.99 Å². The average Bonchev–Trinajstić information content (AvgIpc) is 2.68. The zero-order valence-electron chi connectivity index (χ0n) is 14.2. The Balaban J connectivity index is 1.57. The topological polar surface area (TPSA) is 38.7 Å². The van der Waals surface area contributed by atoms with E-state index >= 15 is 0 Å². The Morgan fingerprint density at radius 2 is 1.52 bits per heavy atom. The Labute approximate surface area is 161 Å². The minimum Gasteiger partial charge on any atom is -0.423 e. The SMILES string of the molecule is O=C(C=Cc1ccc(Cl)cc1)Oc1ccc(C=Nc2ccc(F)cc2)cc1. The molecule has 5 heteroatoms. The van der Waals surface area contributed by atoms with Gasteiger partial charge >= 0.3 is 5.97 Å². The monoisotopic (exact) mass is 379 g/mol. The van der Waals surface area contributed by atoms with Crippen molar-refractivity contribution in [3.8, 4) is 5.75 Å². The smallest absolute Gasteiger partial charge is 0.336 e. The molecule has 3 rings (SSSR count). The molecule has 27 heavy (non-hydrogen) atoms. The highest BCUT2D eigenvalue weighted by molar-refractivity contribution is 6.30. The van der Waals surface area contributed by atoms with Crippen LogP contribution >= 0.6 is 11.6 Å². The molecule has 0 aliphatic heterocycles. The Hall–Kier alpha value is -3.24. The van der Waals surface area contributed by atoms with E-state index in [4.69, 9.17) is 16.3 Å². The lowest BCUT2D eigenvalue weighted by Crippen LogP contribution is -2.03. The van der Waals surface area contributed by atoms with Crippen molar-refractivity contribution in [3.63, 3.8) is 0 Å². The van der Waals surface area contributed by atoms with Crippen LogP contribution in [-0.4, -0.2) is 12.2 Å². The van der Waals surface area contributed by atoms with Gasteiger partial charge in [0.25, 0.3) is 0 Å². The van der Waals surface area contributed by atoms with E-state index in [1.807, 2.05) is 0 Å². The van der Waals surface area contributed by atoms with Crippen LogP contribution in [0.15, 0.2) is 83.9 Å². The first-order valence-corrected chi connectivity index (χ1v) is 8.51. The van der Waals surface area contributed by atoms with Crippen LogP contribution in [0.1, 0.15) is 11.1 Å². The number of ether oxygens (including phenoxy) is 1. The van der Waals surface area contributed by atoms with Crippen molar-refractivity contribution in [2.24, 2.45) is 4.99 Å². The highest BCUT2D eigenvalue weighted by Gasteiger charge is 2.01. The van der Waals surface area contributed by atoms with Gasteiger partial charge in [-0.05, 0) is 77.9 Å². The molecular weight excluding hydrogens is 365 g/mol. The van der Waals surface area contributed by atoms with Crippen molar-refractivity contribution in [2.45, 2.75) is 0 Å². The van der Waals surface area contributed by atoms with Crippen molar-refractivity contribution < 1.29 is 13.9 Å². The molecule has 0 spiro atoms. The van der Waals surface area contributed by atoms with Crippen molar-refractivity contribution in [1.29, 1.82) is 0 Å². The number of rotatable bonds is 5. The number of benzene rings is 3. The molecular formula is C22H15ClFNO2. The van der Waals surface area contributed by atoms with Gasteiger partial charge in [0.1, 0.15) is 11.6 Å². The summed E-state index contributed by atoms with van der Waals surface area (Å²) in [6.07, 6.45) is 4.66. The van der Waals surface area contributed by atoms with Gasteiger partial charge in [-0.15, -0.1) is 0 Å². The molecule has 0 saturated heterocycles. The highest BCUT2D eigenvalue weighted by Crippen LogP contribution is 2.15. The van der Waals surface area contributed by atoms with Gasteiger partial charge < -0.3 is 4.74 Å².